The highest BCUT2D eigenvalue weighted by atomic mass is 32.2. The van der Waals surface area contributed by atoms with E-state index < -0.39 is 0 Å². The van der Waals surface area contributed by atoms with Crippen molar-refractivity contribution in [1.82, 2.24) is 10.3 Å². The molecule has 1 aromatic carbocycles. The Morgan fingerprint density at radius 2 is 2.15 bits per heavy atom. The Morgan fingerprint density at radius 3 is 2.80 bits per heavy atom. The van der Waals surface area contributed by atoms with Crippen LogP contribution in [0.4, 0.5) is 4.39 Å². The van der Waals surface area contributed by atoms with Crippen LogP contribution >= 0.6 is 11.8 Å². The van der Waals surface area contributed by atoms with Crippen molar-refractivity contribution in [3.63, 3.8) is 0 Å². The van der Waals surface area contributed by atoms with E-state index in [1.54, 1.807) is 6.07 Å². The van der Waals surface area contributed by atoms with Crippen LogP contribution in [0.15, 0.2) is 32.7 Å². The van der Waals surface area contributed by atoms with E-state index in [0.717, 1.165) is 21.9 Å². The standard InChI is InChI=1S/C15H17FN2OS/c1-9-10(2)19-15(18-9)20-14-6-11(5-12(16)7-14)8-17-13-3-4-13/h5-7,13,17H,3-4,8H2,1-2H3. The molecule has 20 heavy (non-hydrogen) atoms. The number of halogens is 1. The lowest BCUT2D eigenvalue weighted by Gasteiger charge is -2.05. The van der Waals surface area contributed by atoms with Gasteiger partial charge < -0.3 is 9.73 Å². The molecule has 5 heteroatoms. The van der Waals surface area contributed by atoms with E-state index >= 15 is 0 Å². The number of hydrogen-bond acceptors (Lipinski definition) is 4. The molecule has 3 nitrogen and oxygen atoms in total. The minimum atomic E-state index is -0.220. The first-order valence-electron chi connectivity index (χ1n) is 6.75. The van der Waals surface area contributed by atoms with Gasteiger partial charge in [-0.15, -0.1) is 0 Å². The SMILES string of the molecule is Cc1nc(Sc2cc(F)cc(CNC3CC3)c2)oc1C. The van der Waals surface area contributed by atoms with Crippen LogP contribution < -0.4 is 5.32 Å². The predicted molar refractivity (Wildman–Crippen MR) is 76.4 cm³/mol. The lowest BCUT2D eigenvalue weighted by atomic mass is 10.2. The van der Waals surface area contributed by atoms with E-state index in [9.17, 15) is 4.39 Å². The van der Waals surface area contributed by atoms with Crippen molar-refractivity contribution >= 4 is 11.8 Å². The Hall–Kier alpha value is -1.33. The first-order chi connectivity index (χ1) is 9.60. The first kappa shape index (κ1) is 13.6. The Morgan fingerprint density at radius 1 is 1.35 bits per heavy atom. The van der Waals surface area contributed by atoms with E-state index in [-0.39, 0.29) is 5.82 Å². The van der Waals surface area contributed by atoms with Gasteiger partial charge in [0.2, 0.25) is 0 Å². The Kier molecular flexibility index (Phi) is 3.81. The van der Waals surface area contributed by atoms with Gasteiger partial charge >= 0.3 is 0 Å². The summed E-state index contributed by atoms with van der Waals surface area (Å²) in [6, 6.07) is 5.69. The number of aromatic nitrogens is 1. The molecule has 0 saturated heterocycles. The van der Waals surface area contributed by atoms with Gasteiger partial charge in [0, 0.05) is 17.5 Å². The van der Waals surface area contributed by atoms with Crippen molar-refractivity contribution in [2.45, 2.75) is 49.4 Å². The van der Waals surface area contributed by atoms with E-state index in [0.29, 0.717) is 17.8 Å². The summed E-state index contributed by atoms with van der Waals surface area (Å²) < 4.78 is 19.2. The molecule has 0 bridgehead atoms. The monoisotopic (exact) mass is 292 g/mol. The van der Waals surface area contributed by atoms with Gasteiger partial charge in [-0.25, -0.2) is 9.37 Å². The second kappa shape index (κ2) is 5.58. The molecular formula is C15H17FN2OS. The summed E-state index contributed by atoms with van der Waals surface area (Å²) in [6.07, 6.45) is 2.46. The van der Waals surface area contributed by atoms with E-state index in [1.165, 1.54) is 30.7 Å². The zero-order valence-corrected chi connectivity index (χ0v) is 12.4. The second-order valence-corrected chi connectivity index (χ2v) is 6.20. The largest absolute Gasteiger partial charge is 0.436 e. The molecule has 0 unspecified atom stereocenters. The fraction of sp³-hybridized carbons (Fsp3) is 0.400. The van der Waals surface area contributed by atoms with Crippen LogP contribution in [0.5, 0.6) is 0 Å². The minimum absolute atomic E-state index is 0.220. The van der Waals surface area contributed by atoms with E-state index in [1.807, 2.05) is 19.9 Å². The average Bonchev–Trinajstić information content (AvgIpc) is 3.14. The third-order valence-corrected chi connectivity index (χ3v) is 4.14. The Balaban J connectivity index is 1.74. The van der Waals surface area contributed by atoms with Crippen LogP contribution in [0.1, 0.15) is 29.9 Å². The third kappa shape index (κ3) is 3.41. The number of nitrogens with one attached hydrogen (secondary N) is 1. The summed E-state index contributed by atoms with van der Waals surface area (Å²) in [5.41, 5.74) is 1.83. The molecule has 1 fully saturated rings. The molecule has 0 spiro atoms. The summed E-state index contributed by atoms with van der Waals surface area (Å²) in [6.45, 7) is 4.49. The number of nitrogens with zero attached hydrogens (tertiary/aromatic N) is 1. The van der Waals surface area contributed by atoms with Gasteiger partial charge in [-0.1, -0.05) is 0 Å². The van der Waals surface area contributed by atoms with E-state index in [2.05, 4.69) is 10.3 Å². The topological polar surface area (TPSA) is 38.1 Å². The molecule has 0 atom stereocenters. The number of rotatable bonds is 5. The maximum Gasteiger partial charge on any atom is 0.260 e. The molecule has 1 heterocycles. The Bertz CT molecular complexity index is 603. The maximum atomic E-state index is 13.7. The Labute approximate surface area is 122 Å². The summed E-state index contributed by atoms with van der Waals surface area (Å²) in [7, 11) is 0. The zero-order chi connectivity index (χ0) is 14.1. The predicted octanol–water partition coefficient (Wildman–Crippen LogP) is 3.83. The van der Waals surface area contributed by atoms with Crippen molar-refractivity contribution < 1.29 is 8.81 Å². The van der Waals surface area contributed by atoms with Gasteiger partial charge in [0.05, 0.1) is 5.69 Å². The molecule has 3 rings (SSSR count). The molecule has 106 valence electrons. The summed E-state index contributed by atoms with van der Waals surface area (Å²) in [5, 5.41) is 3.95. The number of aryl methyl sites for hydroxylation is 2. The fourth-order valence-electron chi connectivity index (χ4n) is 1.92. The van der Waals surface area contributed by atoms with E-state index in [4.69, 9.17) is 4.42 Å². The molecule has 1 aromatic heterocycles. The molecule has 1 aliphatic carbocycles. The van der Waals surface area contributed by atoms with Gasteiger partial charge in [0.1, 0.15) is 11.6 Å². The minimum Gasteiger partial charge on any atom is -0.436 e. The number of oxazole rings is 1. The summed E-state index contributed by atoms with van der Waals surface area (Å²) in [5.74, 6) is 0.585. The van der Waals surface area contributed by atoms with Gasteiger partial charge in [-0.2, -0.15) is 0 Å². The molecule has 2 aromatic rings. The van der Waals surface area contributed by atoms with Gasteiger partial charge in [-0.05, 0) is 62.2 Å². The fourth-order valence-corrected chi connectivity index (χ4v) is 2.85. The van der Waals surface area contributed by atoms with Crippen molar-refractivity contribution in [2.24, 2.45) is 0 Å². The lowest BCUT2D eigenvalue weighted by molar-refractivity contribution is 0.431. The van der Waals surface area contributed by atoms with Crippen molar-refractivity contribution in [2.75, 3.05) is 0 Å². The zero-order valence-electron chi connectivity index (χ0n) is 11.6. The molecule has 0 radical (unpaired) electrons. The quantitative estimate of drug-likeness (QED) is 0.909. The van der Waals surface area contributed by atoms with Gasteiger partial charge in [0.15, 0.2) is 0 Å². The van der Waals surface area contributed by atoms with Crippen LogP contribution in [0, 0.1) is 19.7 Å². The smallest absolute Gasteiger partial charge is 0.260 e. The third-order valence-electron chi connectivity index (χ3n) is 3.32. The van der Waals surface area contributed by atoms with Crippen molar-refractivity contribution in [3.05, 3.63) is 41.0 Å². The van der Waals surface area contributed by atoms with Crippen LogP contribution in [0.25, 0.3) is 0 Å². The molecular weight excluding hydrogens is 275 g/mol. The van der Waals surface area contributed by atoms with Crippen molar-refractivity contribution in [1.29, 1.82) is 0 Å². The van der Waals surface area contributed by atoms with Crippen molar-refractivity contribution in [3.8, 4) is 0 Å². The molecule has 1 aliphatic rings. The highest BCUT2D eigenvalue weighted by molar-refractivity contribution is 7.99. The molecule has 1 N–H and O–H groups in total. The molecule has 0 aliphatic heterocycles. The number of hydrogen-bond donors (Lipinski definition) is 1. The lowest BCUT2D eigenvalue weighted by Crippen LogP contribution is -2.15. The molecule has 1 saturated carbocycles. The van der Waals surface area contributed by atoms with Gasteiger partial charge in [0.25, 0.3) is 5.22 Å². The number of benzene rings is 1. The molecule has 0 amide bonds. The summed E-state index contributed by atoms with van der Waals surface area (Å²) in [4.78, 5) is 5.13. The maximum absolute atomic E-state index is 13.7. The average molecular weight is 292 g/mol. The van der Waals surface area contributed by atoms with Crippen LogP contribution in [0.3, 0.4) is 0 Å². The van der Waals surface area contributed by atoms with Crippen LogP contribution in [0.2, 0.25) is 0 Å². The first-order valence-corrected chi connectivity index (χ1v) is 7.56. The summed E-state index contributed by atoms with van der Waals surface area (Å²) >= 11 is 1.36. The van der Waals surface area contributed by atoms with Crippen LogP contribution in [-0.2, 0) is 6.54 Å². The second-order valence-electron chi connectivity index (χ2n) is 5.17. The normalized spacial score (nSPS) is 14.8. The van der Waals surface area contributed by atoms with Gasteiger partial charge in [-0.3, -0.25) is 0 Å². The van der Waals surface area contributed by atoms with Crippen LogP contribution in [-0.4, -0.2) is 11.0 Å². The highest BCUT2D eigenvalue weighted by Crippen LogP contribution is 2.30. The highest BCUT2D eigenvalue weighted by Gasteiger charge is 2.20.